The average Bonchev–Trinajstić information content (AvgIpc) is 2.71. The van der Waals surface area contributed by atoms with Gasteiger partial charge in [-0.1, -0.05) is 12.1 Å². The Hall–Kier alpha value is -1.75. The SMILES string of the molecule is CC1(C)COCCc2nnc(Cc3cccc(F)c3)n21. The number of rotatable bonds is 2. The Morgan fingerprint density at radius 1 is 1.35 bits per heavy atom. The third-order valence-electron chi connectivity index (χ3n) is 3.58. The van der Waals surface area contributed by atoms with Crippen molar-refractivity contribution in [1.82, 2.24) is 14.8 Å². The van der Waals surface area contributed by atoms with Crippen LogP contribution in [0.25, 0.3) is 0 Å². The van der Waals surface area contributed by atoms with Crippen LogP contribution in [0, 0.1) is 5.82 Å². The van der Waals surface area contributed by atoms with Gasteiger partial charge < -0.3 is 9.30 Å². The Labute approximate surface area is 117 Å². The van der Waals surface area contributed by atoms with Crippen molar-refractivity contribution in [3.63, 3.8) is 0 Å². The standard InChI is InChI=1S/C15H18FN3O/c1-15(2)10-20-7-6-13-17-18-14(19(13)15)9-11-4-3-5-12(16)8-11/h3-5,8H,6-7,9-10H2,1-2H3. The number of halogens is 1. The van der Waals surface area contributed by atoms with E-state index in [9.17, 15) is 4.39 Å². The summed E-state index contributed by atoms with van der Waals surface area (Å²) in [5.74, 6) is 1.58. The molecule has 0 atom stereocenters. The molecule has 0 radical (unpaired) electrons. The van der Waals surface area contributed by atoms with Crippen LogP contribution in [0.1, 0.15) is 31.1 Å². The largest absolute Gasteiger partial charge is 0.379 e. The van der Waals surface area contributed by atoms with E-state index in [1.54, 1.807) is 12.1 Å². The van der Waals surface area contributed by atoms with Crippen molar-refractivity contribution < 1.29 is 9.13 Å². The Kier molecular flexibility index (Phi) is 3.30. The molecule has 0 unspecified atom stereocenters. The second-order valence-electron chi connectivity index (χ2n) is 5.79. The van der Waals surface area contributed by atoms with E-state index in [4.69, 9.17) is 4.74 Å². The third kappa shape index (κ3) is 2.45. The molecule has 4 nitrogen and oxygen atoms in total. The van der Waals surface area contributed by atoms with Crippen molar-refractivity contribution >= 4 is 0 Å². The summed E-state index contributed by atoms with van der Waals surface area (Å²) in [4.78, 5) is 0. The molecule has 3 rings (SSSR count). The molecule has 106 valence electrons. The Bertz CT molecular complexity index is 621. The summed E-state index contributed by atoms with van der Waals surface area (Å²) in [5.41, 5.74) is 0.721. The molecule has 0 aliphatic carbocycles. The number of benzene rings is 1. The molecule has 20 heavy (non-hydrogen) atoms. The van der Waals surface area contributed by atoms with Crippen molar-refractivity contribution in [2.24, 2.45) is 0 Å². The molecule has 0 fully saturated rings. The fourth-order valence-corrected chi connectivity index (χ4v) is 2.71. The van der Waals surface area contributed by atoms with Crippen molar-refractivity contribution in [3.8, 4) is 0 Å². The van der Waals surface area contributed by atoms with Gasteiger partial charge >= 0.3 is 0 Å². The van der Waals surface area contributed by atoms with Crippen LogP contribution in [-0.2, 0) is 23.1 Å². The van der Waals surface area contributed by atoms with Crippen molar-refractivity contribution in [2.75, 3.05) is 13.2 Å². The van der Waals surface area contributed by atoms with Crippen molar-refractivity contribution in [1.29, 1.82) is 0 Å². The van der Waals surface area contributed by atoms with Gasteiger partial charge in [-0.05, 0) is 31.5 Å². The minimum Gasteiger partial charge on any atom is -0.379 e. The highest BCUT2D eigenvalue weighted by atomic mass is 19.1. The second-order valence-corrected chi connectivity index (χ2v) is 5.79. The summed E-state index contributed by atoms with van der Waals surface area (Å²) in [6.45, 7) is 5.52. The molecule has 0 saturated carbocycles. The van der Waals surface area contributed by atoms with E-state index in [0.29, 0.717) is 19.6 Å². The molecule has 2 aromatic rings. The highest BCUT2D eigenvalue weighted by Gasteiger charge is 2.29. The van der Waals surface area contributed by atoms with Gasteiger partial charge in [0.05, 0.1) is 18.8 Å². The maximum atomic E-state index is 13.3. The van der Waals surface area contributed by atoms with Gasteiger partial charge in [0.25, 0.3) is 0 Å². The molecule has 2 heterocycles. The van der Waals surface area contributed by atoms with E-state index < -0.39 is 0 Å². The number of hydrogen-bond donors (Lipinski definition) is 0. The van der Waals surface area contributed by atoms with E-state index in [2.05, 4.69) is 28.6 Å². The Morgan fingerprint density at radius 3 is 3.00 bits per heavy atom. The lowest BCUT2D eigenvalue weighted by Gasteiger charge is -2.27. The first-order valence-corrected chi connectivity index (χ1v) is 6.82. The van der Waals surface area contributed by atoms with Gasteiger partial charge in [-0.3, -0.25) is 0 Å². The first-order valence-electron chi connectivity index (χ1n) is 6.82. The fraction of sp³-hybridized carbons (Fsp3) is 0.467. The summed E-state index contributed by atoms with van der Waals surface area (Å²) in [7, 11) is 0. The van der Waals surface area contributed by atoms with Crippen LogP contribution in [0.4, 0.5) is 4.39 Å². The topological polar surface area (TPSA) is 39.9 Å². The molecule has 0 bridgehead atoms. The second kappa shape index (κ2) is 4.98. The van der Waals surface area contributed by atoms with Crippen LogP contribution in [0.2, 0.25) is 0 Å². The van der Waals surface area contributed by atoms with Crippen molar-refractivity contribution in [2.45, 2.75) is 32.2 Å². The first kappa shape index (κ1) is 13.2. The normalized spacial score (nSPS) is 17.6. The van der Waals surface area contributed by atoms with Crippen LogP contribution < -0.4 is 0 Å². The van der Waals surface area contributed by atoms with Crippen LogP contribution in [0.5, 0.6) is 0 Å². The maximum Gasteiger partial charge on any atom is 0.138 e. The summed E-state index contributed by atoms with van der Waals surface area (Å²) < 4.78 is 21.1. The molecule has 0 spiro atoms. The minimum atomic E-state index is -0.222. The van der Waals surface area contributed by atoms with E-state index in [0.717, 1.165) is 23.6 Å². The van der Waals surface area contributed by atoms with E-state index in [1.165, 1.54) is 6.07 Å². The number of hydrogen-bond acceptors (Lipinski definition) is 3. The lowest BCUT2D eigenvalue weighted by molar-refractivity contribution is 0.0826. The van der Waals surface area contributed by atoms with Crippen LogP contribution in [0.15, 0.2) is 24.3 Å². The lowest BCUT2D eigenvalue weighted by Crippen LogP contribution is -2.33. The number of nitrogens with zero attached hydrogens (tertiary/aromatic N) is 3. The molecule has 0 saturated heterocycles. The van der Waals surface area contributed by atoms with E-state index in [1.807, 2.05) is 6.07 Å². The molecule has 0 N–H and O–H groups in total. The summed E-state index contributed by atoms with van der Waals surface area (Å²) in [6, 6.07) is 6.62. The molecular weight excluding hydrogens is 257 g/mol. The molecular formula is C15H18FN3O. The molecule has 5 heteroatoms. The minimum absolute atomic E-state index is 0.183. The third-order valence-corrected chi connectivity index (χ3v) is 3.58. The molecule has 0 amide bonds. The predicted molar refractivity (Wildman–Crippen MR) is 73.1 cm³/mol. The van der Waals surface area contributed by atoms with Gasteiger partial charge in [0, 0.05) is 12.8 Å². The predicted octanol–water partition coefficient (Wildman–Crippen LogP) is 2.32. The van der Waals surface area contributed by atoms with Crippen molar-refractivity contribution in [3.05, 3.63) is 47.3 Å². The number of fused-ring (bicyclic) bond motifs is 1. The number of aromatic nitrogens is 3. The van der Waals surface area contributed by atoms with Gasteiger partial charge in [-0.25, -0.2) is 4.39 Å². The van der Waals surface area contributed by atoms with Gasteiger partial charge in [-0.15, -0.1) is 10.2 Å². The molecule has 1 aliphatic heterocycles. The van der Waals surface area contributed by atoms with E-state index in [-0.39, 0.29) is 11.4 Å². The zero-order chi connectivity index (χ0) is 14.2. The average molecular weight is 275 g/mol. The van der Waals surface area contributed by atoms with E-state index >= 15 is 0 Å². The Morgan fingerprint density at radius 2 is 2.20 bits per heavy atom. The highest BCUT2D eigenvalue weighted by molar-refractivity contribution is 5.21. The molecule has 1 aromatic carbocycles. The maximum absolute atomic E-state index is 13.3. The molecule has 1 aliphatic rings. The smallest absolute Gasteiger partial charge is 0.138 e. The summed E-state index contributed by atoms with van der Waals surface area (Å²) in [5, 5.41) is 8.57. The summed E-state index contributed by atoms with van der Waals surface area (Å²) in [6.07, 6.45) is 1.34. The molecule has 1 aromatic heterocycles. The van der Waals surface area contributed by atoms with Gasteiger partial charge in [-0.2, -0.15) is 0 Å². The zero-order valence-electron chi connectivity index (χ0n) is 11.8. The quantitative estimate of drug-likeness (QED) is 0.844. The van der Waals surface area contributed by atoms with Crippen LogP contribution in [-0.4, -0.2) is 28.0 Å². The summed E-state index contributed by atoms with van der Waals surface area (Å²) >= 11 is 0. The fourth-order valence-electron chi connectivity index (χ4n) is 2.71. The van der Waals surface area contributed by atoms with Gasteiger partial charge in [0.2, 0.25) is 0 Å². The Balaban J connectivity index is 1.97. The zero-order valence-corrected chi connectivity index (χ0v) is 11.8. The van der Waals surface area contributed by atoms with Crippen LogP contribution >= 0.6 is 0 Å². The number of ether oxygens (including phenoxy) is 1. The first-order chi connectivity index (χ1) is 9.56. The lowest BCUT2D eigenvalue weighted by atomic mass is 10.1. The van der Waals surface area contributed by atoms with Gasteiger partial charge in [0.1, 0.15) is 17.5 Å². The highest BCUT2D eigenvalue weighted by Crippen LogP contribution is 2.24. The monoisotopic (exact) mass is 275 g/mol. The van der Waals surface area contributed by atoms with Gasteiger partial charge in [0.15, 0.2) is 0 Å². The van der Waals surface area contributed by atoms with Crippen LogP contribution in [0.3, 0.4) is 0 Å².